The predicted molar refractivity (Wildman–Crippen MR) is 177 cm³/mol. The lowest BCUT2D eigenvalue weighted by Crippen LogP contribution is -2.51. The number of nitrogens with two attached hydrogens (primary N) is 1. The van der Waals surface area contributed by atoms with Crippen molar-refractivity contribution in [1.29, 1.82) is 5.41 Å². The number of nitro benzene ring substituents is 1. The van der Waals surface area contributed by atoms with E-state index in [-0.39, 0.29) is 29.6 Å². The number of sulfonamides is 1. The number of carbonyl (C=O) groups excluding carboxylic acids is 2. The summed E-state index contributed by atoms with van der Waals surface area (Å²) in [5.41, 5.74) is 8.76. The van der Waals surface area contributed by atoms with Crippen molar-refractivity contribution < 1.29 is 22.9 Å². The highest BCUT2D eigenvalue weighted by molar-refractivity contribution is 7.99. The maximum atomic E-state index is 14.0. The average Bonchev–Trinajstić information content (AvgIpc) is 3.16. The Morgan fingerprint density at radius 3 is 2.39 bits per heavy atom. The first-order valence-electron chi connectivity index (χ1n) is 14.1. The van der Waals surface area contributed by atoms with Gasteiger partial charge in [0.1, 0.15) is 18.4 Å². The molecule has 0 aliphatic carbocycles. The number of non-ortho nitro benzene ring substituents is 1. The number of nitro groups is 1. The number of benzene rings is 4. The van der Waals surface area contributed by atoms with Gasteiger partial charge in [-0.05, 0) is 34.4 Å². The Kier molecular flexibility index (Phi) is 9.80. The van der Waals surface area contributed by atoms with E-state index < -0.39 is 39.3 Å². The molecule has 0 unspecified atom stereocenters. The van der Waals surface area contributed by atoms with Gasteiger partial charge in [0.15, 0.2) is 0 Å². The van der Waals surface area contributed by atoms with Crippen LogP contribution in [-0.4, -0.2) is 49.3 Å². The fraction of sp³-hybridized carbons (Fsp3) is 0.156. The third-order valence-corrected chi connectivity index (χ3v) is 9.70. The lowest BCUT2D eigenvalue weighted by atomic mass is 10.0. The number of amidine groups is 1. The molecule has 0 saturated heterocycles. The standard InChI is InChI=1S/C32H30N6O6S2/c33-31(34)23-11-9-21(10-12-23)17-35-30(39)18-37-28-16-25(24-7-4-8-26(15-24)38(41)42)13-14-29(28)45-19-27(32(37)40)36-46(43,44)20-22-5-2-1-3-6-22/h1-16,27,36H,17-20H2,(H3,33,34)(H,35,39)/t27-/m1/s1. The Hall–Kier alpha value is -5.05. The largest absolute Gasteiger partial charge is 0.384 e. The van der Waals surface area contributed by atoms with Gasteiger partial charge in [-0.1, -0.05) is 72.8 Å². The van der Waals surface area contributed by atoms with E-state index in [1.54, 1.807) is 84.9 Å². The van der Waals surface area contributed by atoms with Crippen LogP contribution in [0.3, 0.4) is 0 Å². The summed E-state index contributed by atoms with van der Waals surface area (Å²) in [7, 11) is -3.94. The molecule has 0 saturated carbocycles. The van der Waals surface area contributed by atoms with Gasteiger partial charge in [0.05, 0.1) is 16.4 Å². The molecule has 5 rings (SSSR count). The number of nitrogens with zero attached hydrogens (tertiary/aromatic N) is 2. The Labute approximate surface area is 269 Å². The highest BCUT2D eigenvalue weighted by Crippen LogP contribution is 2.38. The topological polar surface area (TPSA) is 189 Å². The SMILES string of the molecule is N=C(N)c1ccc(CNC(=O)CN2C(=O)[C@H](NS(=O)(=O)Cc3ccccc3)CSc3ccc(-c4cccc([N+](=O)[O-])c4)cc32)cc1. The Morgan fingerprint density at radius 1 is 0.978 bits per heavy atom. The van der Waals surface area contributed by atoms with E-state index in [1.165, 1.54) is 28.8 Å². The zero-order valence-corrected chi connectivity index (χ0v) is 26.0. The van der Waals surface area contributed by atoms with E-state index in [9.17, 15) is 28.1 Å². The second-order valence-electron chi connectivity index (χ2n) is 10.5. The summed E-state index contributed by atoms with van der Waals surface area (Å²) in [6.07, 6.45) is 0. The Balaban J connectivity index is 1.43. The number of hydrogen-bond acceptors (Lipinski definition) is 8. The molecule has 14 heteroatoms. The maximum Gasteiger partial charge on any atom is 0.270 e. The monoisotopic (exact) mass is 658 g/mol. The Morgan fingerprint density at radius 2 is 1.70 bits per heavy atom. The van der Waals surface area contributed by atoms with Crippen molar-refractivity contribution in [3.63, 3.8) is 0 Å². The molecule has 0 aromatic heterocycles. The number of hydrogen-bond donors (Lipinski definition) is 4. The minimum absolute atomic E-state index is 0.0785. The molecular formula is C32H30N6O6S2. The van der Waals surface area contributed by atoms with Crippen molar-refractivity contribution in [2.75, 3.05) is 17.2 Å². The highest BCUT2D eigenvalue weighted by Gasteiger charge is 2.35. The fourth-order valence-electron chi connectivity index (χ4n) is 4.88. The Bertz CT molecular complexity index is 1900. The van der Waals surface area contributed by atoms with Gasteiger partial charge in [0.25, 0.3) is 5.69 Å². The highest BCUT2D eigenvalue weighted by atomic mass is 32.2. The lowest BCUT2D eigenvalue weighted by molar-refractivity contribution is -0.384. The first-order chi connectivity index (χ1) is 22.0. The van der Waals surface area contributed by atoms with Gasteiger partial charge in [-0.3, -0.25) is 25.1 Å². The molecule has 2 amide bonds. The molecule has 0 fully saturated rings. The molecule has 5 N–H and O–H groups in total. The van der Waals surface area contributed by atoms with Crippen LogP contribution in [0.15, 0.2) is 102 Å². The normalized spacial score (nSPS) is 14.7. The van der Waals surface area contributed by atoms with Crippen LogP contribution in [0, 0.1) is 15.5 Å². The van der Waals surface area contributed by atoms with Crippen molar-refractivity contribution in [3.8, 4) is 11.1 Å². The first-order valence-corrected chi connectivity index (χ1v) is 16.7. The molecule has 0 radical (unpaired) electrons. The number of fused-ring (bicyclic) bond motifs is 1. The van der Waals surface area contributed by atoms with Crippen LogP contribution < -0.4 is 20.7 Å². The third kappa shape index (κ3) is 7.96. The van der Waals surface area contributed by atoms with E-state index in [0.717, 1.165) is 5.56 Å². The molecule has 236 valence electrons. The van der Waals surface area contributed by atoms with Crippen LogP contribution in [-0.2, 0) is 31.9 Å². The quantitative estimate of drug-likeness (QED) is 0.0810. The number of nitrogens with one attached hydrogen (secondary N) is 3. The van der Waals surface area contributed by atoms with Crippen LogP contribution in [0.25, 0.3) is 11.1 Å². The number of carbonyl (C=O) groups is 2. The van der Waals surface area contributed by atoms with E-state index in [4.69, 9.17) is 11.1 Å². The predicted octanol–water partition coefficient (Wildman–Crippen LogP) is 3.79. The van der Waals surface area contributed by atoms with E-state index in [0.29, 0.717) is 32.8 Å². The summed E-state index contributed by atoms with van der Waals surface area (Å²) < 4.78 is 28.8. The molecule has 12 nitrogen and oxygen atoms in total. The van der Waals surface area contributed by atoms with Crippen molar-refractivity contribution in [3.05, 3.63) is 124 Å². The maximum absolute atomic E-state index is 14.0. The first kappa shape index (κ1) is 32.3. The van der Waals surface area contributed by atoms with Crippen molar-refractivity contribution in [2.24, 2.45) is 5.73 Å². The molecule has 46 heavy (non-hydrogen) atoms. The molecule has 0 bridgehead atoms. The van der Waals surface area contributed by atoms with Crippen molar-refractivity contribution in [2.45, 2.75) is 23.2 Å². The van der Waals surface area contributed by atoms with Gasteiger partial charge in [-0.2, -0.15) is 0 Å². The fourth-order valence-corrected chi connectivity index (χ4v) is 7.37. The smallest absolute Gasteiger partial charge is 0.270 e. The van der Waals surface area contributed by atoms with Gasteiger partial charge in [0, 0.05) is 34.9 Å². The number of anilines is 1. The zero-order chi connectivity index (χ0) is 32.8. The summed E-state index contributed by atoms with van der Waals surface area (Å²) in [5.74, 6) is -1.43. The molecule has 1 aliphatic heterocycles. The molecular weight excluding hydrogens is 629 g/mol. The number of rotatable bonds is 11. The molecule has 4 aromatic carbocycles. The van der Waals surface area contributed by atoms with Crippen LogP contribution in [0.1, 0.15) is 16.7 Å². The van der Waals surface area contributed by atoms with E-state index >= 15 is 0 Å². The second-order valence-corrected chi connectivity index (χ2v) is 13.3. The minimum atomic E-state index is -3.94. The summed E-state index contributed by atoms with van der Waals surface area (Å²) in [6.45, 7) is -0.269. The minimum Gasteiger partial charge on any atom is -0.384 e. The summed E-state index contributed by atoms with van der Waals surface area (Å²) in [4.78, 5) is 40.1. The van der Waals surface area contributed by atoms with E-state index in [1.807, 2.05) is 0 Å². The molecule has 0 spiro atoms. The number of amides is 2. The average molecular weight is 659 g/mol. The summed E-state index contributed by atoms with van der Waals surface area (Å²) in [5, 5.41) is 21.7. The molecule has 1 atom stereocenters. The van der Waals surface area contributed by atoms with Gasteiger partial charge in [-0.25, -0.2) is 13.1 Å². The molecule has 4 aromatic rings. The second kappa shape index (κ2) is 13.9. The van der Waals surface area contributed by atoms with Crippen LogP contribution >= 0.6 is 11.8 Å². The summed E-state index contributed by atoms with van der Waals surface area (Å²) >= 11 is 1.27. The van der Waals surface area contributed by atoms with E-state index in [2.05, 4.69) is 10.0 Å². The van der Waals surface area contributed by atoms with Crippen molar-refractivity contribution >= 4 is 50.8 Å². The van der Waals surface area contributed by atoms with Crippen LogP contribution in [0.5, 0.6) is 0 Å². The lowest BCUT2D eigenvalue weighted by Gasteiger charge is -2.26. The van der Waals surface area contributed by atoms with Gasteiger partial charge >= 0.3 is 0 Å². The third-order valence-electron chi connectivity index (χ3n) is 7.19. The zero-order valence-electron chi connectivity index (χ0n) is 24.4. The van der Waals surface area contributed by atoms with Gasteiger partial charge in [-0.15, -0.1) is 11.8 Å². The molecule has 1 heterocycles. The van der Waals surface area contributed by atoms with Crippen LogP contribution in [0.4, 0.5) is 11.4 Å². The van der Waals surface area contributed by atoms with Crippen LogP contribution in [0.2, 0.25) is 0 Å². The number of thioether (sulfide) groups is 1. The van der Waals surface area contributed by atoms with Crippen molar-refractivity contribution in [1.82, 2.24) is 10.0 Å². The number of nitrogen functional groups attached to an aromatic ring is 1. The summed E-state index contributed by atoms with van der Waals surface area (Å²) in [6, 6.07) is 25.5. The van der Waals surface area contributed by atoms with Gasteiger partial charge < -0.3 is 16.0 Å². The molecule has 1 aliphatic rings. The van der Waals surface area contributed by atoms with Gasteiger partial charge in [0.2, 0.25) is 21.8 Å².